The second-order valence-electron chi connectivity index (χ2n) is 9.56. The van der Waals surface area contributed by atoms with E-state index in [2.05, 4.69) is 66.1 Å². The third-order valence-corrected chi connectivity index (χ3v) is 6.93. The van der Waals surface area contributed by atoms with Crippen molar-refractivity contribution >= 4 is 68.6 Å². The summed E-state index contributed by atoms with van der Waals surface area (Å²) in [6.45, 7) is 0. The van der Waals surface area contributed by atoms with Crippen LogP contribution in [-0.2, 0) is 0 Å². The Labute approximate surface area is 242 Å². The largest absolute Gasteiger partial charge is 0.353 e. The normalized spacial score (nSPS) is 16.5. The Morgan fingerprint density at radius 3 is 1.86 bits per heavy atom. The van der Waals surface area contributed by atoms with E-state index in [0.717, 1.165) is 38.9 Å². The molecule has 0 saturated heterocycles. The molecule has 42 heavy (non-hydrogen) atoms. The van der Waals surface area contributed by atoms with Gasteiger partial charge < -0.3 is 10.6 Å². The third-order valence-electron chi connectivity index (χ3n) is 6.93. The van der Waals surface area contributed by atoms with Crippen molar-refractivity contribution in [1.29, 1.82) is 0 Å². The number of aliphatic imine (C=N–C) groups is 2. The lowest BCUT2D eigenvalue weighted by Crippen LogP contribution is -2.34. The summed E-state index contributed by atoms with van der Waals surface area (Å²) in [6.07, 6.45) is 14.9. The topological polar surface area (TPSA) is 82.3 Å². The highest BCUT2D eigenvalue weighted by atomic mass is 15.1. The number of nitrogens with zero attached hydrogens (tertiary/aromatic N) is 6. The first-order chi connectivity index (χ1) is 20.8. The van der Waals surface area contributed by atoms with Gasteiger partial charge in [-0.15, -0.1) is 0 Å². The number of anilines is 2. The van der Waals surface area contributed by atoms with E-state index in [1.54, 1.807) is 18.6 Å². The minimum atomic E-state index is 0.551. The zero-order valence-corrected chi connectivity index (χ0v) is 22.5. The molecule has 8 nitrogen and oxygen atoms in total. The van der Waals surface area contributed by atoms with Gasteiger partial charge in [-0.1, -0.05) is 24.3 Å². The molecule has 0 fully saturated rings. The van der Waals surface area contributed by atoms with Gasteiger partial charge in [0.15, 0.2) is 24.0 Å². The Bertz CT molecular complexity index is 1900. The number of aromatic nitrogens is 4. The number of pyridine rings is 4. The van der Waals surface area contributed by atoms with Crippen molar-refractivity contribution in [2.45, 2.75) is 0 Å². The molecule has 0 spiro atoms. The zero-order chi connectivity index (χ0) is 28.1. The molecule has 2 N–H and O–H groups in total. The number of rotatable bonds is 2. The molecular formula is C34H26N8+2. The number of hydrogen-bond acceptors (Lipinski definition) is 6. The van der Waals surface area contributed by atoms with E-state index in [1.165, 1.54) is 0 Å². The summed E-state index contributed by atoms with van der Waals surface area (Å²) in [7, 11) is 0. The summed E-state index contributed by atoms with van der Waals surface area (Å²) in [5.41, 5.74) is 5.16. The molecule has 0 unspecified atom stereocenters. The van der Waals surface area contributed by atoms with Crippen LogP contribution in [0.25, 0.3) is 33.2 Å². The summed E-state index contributed by atoms with van der Waals surface area (Å²) >= 11 is 0. The van der Waals surface area contributed by atoms with Crippen molar-refractivity contribution in [3.63, 3.8) is 0 Å². The maximum atomic E-state index is 4.88. The quantitative estimate of drug-likeness (QED) is 0.250. The van der Waals surface area contributed by atoms with Crippen LogP contribution in [0.2, 0.25) is 0 Å². The maximum absolute atomic E-state index is 4.88. The summed E-state index contributed by atoms with van der Waals surface area (Å²) < 4.78 is 4.17. The Hall–Kier alpha value is -6.02. The van der Waals surface area contributed by atoms with E-state index in [1.807, 2.05) is 91.7 Å². The fraction of sp³-hybridized carbons (Fsp3) is 0. The number of nitrogens with one attached hydrogen (secondary N) is 2. The molecule has 200 valence electrons. The van der Waals surface area contributed by atoms with Gasteiger partial charge in [-0.2, -0.15) is 9.13 Å². The van der Waals surface area contributed by atoms with E-state index in [9.17, 15) is 0 Å². The minimum Gasteiger partial charge on any atom is -0.353 e. The van der Waals surface area contributed by atoms with Gasteiger partial charge in [0.25, 0.3) is 0 Å². The lowest BCUT2D eigenvalue weighted by Gasteiger charge is -2.08. The molecule has 1 aliphatic heterocycles. The number of hydrogen-bond donors (Lipinski definition) is 2. The molecular weight excluding hydrogens is 520 g/mol. The molecule has 0 aliphatic carbocycles. The first kappa shape index (κ1) is 25.0. The van der Waals surface area contributed by atoms with Crippen LogP contribution < -0.4 is 19.8 Å². The molecule has 4 aromatic heterocycles. The first-order valence-corrected chi connectivity index (χ1v) is 13.5. The number of para-hydroxylation sites is 2. The lowest BCUT2D eigenvalue weighted by atomic mass is 10.2. The lowest BCUT2D eigenvalue weighted by molar-refractivity contribution is -0.546. The van der Waals surface area contributed by atoms with Gasteiger partial charge in [-0.05, 0) is 48.5 Å². The molecule has 1 aliphatic rings. The van der Waals surface area contributed by atoms with Gasteiger partial charge in [0.1, 0.15) is 18.1 Å². The highest BCUT2D eigenvalue weighted by Crippen LogP contribution is 2.24. The van der Waals surface area contributed by atoms with E-state index in [4.69, 9.17) is 9.98 Å². The Kier molecular flexibility index (Phi) is 6.68. The van der Waals surface area contributed by atoms with Crippen molar-refractivity contribution in [2.24, 2.45) is 9.98 Å². The van der Waals surface area contributed by atoms with Gasteiger partial charge >= 0.3 is 0 Å². The standard InChI is InChI=1S/C34H26N8/c1-3-15-31-25(9-1)11-7-19-41(31)27-21-37-29-13-5-17-35-33(29)39-23-28(24-40-34-30(38-22-27)14-6-18-36-34)42-20-8-12-26-10-2-4-16-32(26)42/h1-24,37H,(H,36,40)/q+2/b27-21+,28-24+,38-22?,39-23+. The molecule has 6 aromatic rings. The van der Waals surface area contributed by atoms with Crippen LogP contribution in [0.15, 0.2) is 144 Å². The Balaban J connectivity index is 1.39. The van der Waals surface area contributed by atoms with E-state index >= 15 is 0 Å². The number of allylic oxidation sites excluding steroid dienone is 2. The molecule has 0 saturated carbocycles. The molecule has 0 atom stereocenters. The van der Waals surface area contributed by atoms with Gasteiger partial charge in [-0.25, -0.2) is 20.0 Å². The predicted octanol–water partition coefficient (Wildman–Crippen LogP) is 6.30. The van der Waals surface area contributed by atoms with Crippen LogP contribution in [0.5, 0.6) is 0 Å². The maximum Gasteiger partial charge on any atom is 0.245 e. The van der Waals surface area contributed by atoms with Crippen molar-refractivity contribution in [1.82, 2.24) is 9.97 Å². The molecule has 7 rings (SSSR count). The first-order valence-electron chi connectivity index (χ1n) is 13.5. The predicted molar refractivity (Wildman–Crippen MR) is 169 cm³/mol. The SMILES string of the molecule is C1=Nc2cccnc2N/C=C([n+]2cccc3ccccc32)\C=N\c2ncccc2N/C=C\1[n+]1cccc2ccccc21. The average Bonchev–Trinajstić information content (AvgIpc) is 3.05. The summed E-state index contributed by atoms with van der Waals surface area (Å²) in [5.74, 6) is 1.17. The fourth-order valence-corrected chi connectivity index (χ4v) is 4.89. The molecule has 0 amide bonds. The third kappa shape index (κ3) is 5.00. The average molecular weight is 547 g/mol. The summed E-state index contributed by atoms with van der Waals surface area (Å²) in [5, 5.41) is 9.04. The molecule has 0 bridgehead atoms. The minimum absolute atomic E-state index is 0.551. The van der Waals surface area contributed by atoms with E-state index in [0.29, 0.717) is 17.3 Å². The van der Waals surface area contributed by atoms with Crippen LogP contribution in [-0.4, -0.2) is 22.4 Å². The van der Waals surface area contributed by atoms with Crippen molar-refractivity contribution in [3.05, 3.63) is 134 Å². The van der Waals surface area contributed by atoms with Gasteiger partial charge in [0.2, 0.25) is 22.4 Å². The van der Waals surface area contributed by atoms with Crippen molar-refractivity contribution < 1.29 is 9.13 Å². The van der Waals surface area contributed by atoms with Gasteiger partial charge in [-0.3, -0.25) is 0 Å². The van der Waals surface area contributed by atoms with E-state index < -0.39 is 0 Å². The van der Waals surface area contributed by atoms with Gasteiger partial charge in [0.05, 0.1) is 18.1 Å². The number of fused-ring (bicyclic) bond motifs is 4. The fourth-order valence-electron chi connectivity index (χ4n) is 4.89. The Morgan fingerprint density at radius 1 is 0.524 bits per heavy atom. The summed E-state index contributed by atoms with van der Waals surface area (Å²) in [6, 6.07) is 32.3. The second-order valence-corrected chi connectivity index (χ2v) is 9.56. The second kappa shape index (κ2) is 11.2. The summed E-state index contributed by atoms with van der Waals surface area (Å²) in [4.78, 5) is 18.9. The van der Waals surface area contributed by atoms with E-state index in [-0.39, 0.29) is 0 Å². The zero-order valence-electron chi connectivity index (χ0n) is 22.5. The highest BCUT2D eigenvalue weighted by molar-refractivity contribution is 6.02. The van der Waals surface area contributed by atoms with Crippen LogP contribution >= 0.6 is 0 Å². The molecule has 0 radical (unpaired) electrons. The van der Waals surface area contributed by atoms with Crippen LogP contribution in [0, 0.1) is 0 Å². The Morgan fingerprint density at radius 2 is 1.12 bits per heavy atom. The monoisotopic (exact) mass is 546 g/mol. The smallest absolute Gasteiger partial charge is 0.245 e. The van der Waals surface area contributed by atoms with Crippen LogP contribution in [0.1, 0.15) is 0 Å². The molecule has 5 heterocycles. The molecule has 2 aromatic carbocycles. The highest BCUT2D eigenvalue weighted by Gasteiger charge is 2.17. The van der Waals surface area contributed by atoms with Crippen LogP contribution in [0.4, 0.5) is 23.0 Å². The van der Waals surface area contributed by atoms with Gasteiger partial charge in [0, 0.05) is 47.4 Å². The molecule has 8 heteroatoms. The van der Waals surface area contributed by atoms with Crippen molar-refractivity contribution in [3.8, 4) is 0 Å². The van der Waals surface area contributed by atoms with Crippen LogP contribution in [0.3, 0.4) is 0 Å². The van der Waals surface area contributed by atoms with Crippen molar-refractivity contribution in [2.75, 3.05) is 10.6 Å². The number of benzene rings is 2.